The molecule has 1 aliphatic heterocycles. The van der Waals surface area contributed by atoms with Crippen molar-refractivity contribution in [1.29, 1.82) is 0 Å². The summed E-state index contributed by atoms with van der Waals surface area (Å²) >= 11 is 0. The highest BCUT2D eigenvalue weighted by Crippen LogP contribution is 2.36. The normalized spacial score (nSPS) is 18.8. The van der Waals surface area contributed by atoms with E-state index < -0.39 is 5.60 Å². The van der Waals surface area contributed by atoms with Crippen LogP contribution in [0, 0.1) is 0 Å². The molecule has 0 bridgehead atoms. The molecule has 4 aromatic rings. The molecule has 158 valence electrons. The van der Waals surface area contributed by atoms with Crippen LogP contribution >= 0.6 is 0 Å². The number of benzene rings is 2. The monoisotopic (exact) mass is 418 g/mol. The van der Waals surface area contributed by atoms with Crippen molar-refractivity contribution < 1.29 is 19.2 Å². The van der Waals surface area contributed by atoms with Gasteiger partial charge < -0.3 is 19.3 Å². The van der Waals surface area contributed by atoms with E-state index in [-0.39, 0.29) is 18.1 Å². The summed E-state index contributed by atoms with van der Waals surface area (Å²) in [7, 11) is 5.20. The number of aryl methyl sites for hydroxylation is 1. The topological polar surface area (TPSA) is 93.6 Å². The maximum absolute atomic E-state index is 12.4. The molecule has 1 saturated heterocycles. The predicted octanol–water partition coefficient (Wildman–Crippen LogP) is 2.95. The number of hydrogen-bond donors (Lipinski definition) is 1. The zero-order valence-electron chi connectivity index (χ0n) is 17.5. The second-order valence-corrected chi connectivity index (χ2v) is 7.87. The Morgan fingerprint density at radius 2 is 1.94 bits per heavy atom. The number of likely N-dealkylation sites (N-methyl/N-ethyl adjacent to an activating group) is 1. The second-order valence-electron chi connectivity index (χ2n) is 7.87. The van der Waals surface area contributed by atoms with Crippen LogP contribution in [0.2, 0.25) is 0 Å². The molecule has 0 saturated carbocycles. The van der Waals surface area contributed by atoms with Gasteiger partial charge in [0.2, 0.25) is 5.60 Å². The third-order valence-electron chi connectivity index (χ3n) is 5.97. The van der Waals surface area contributed by atoms with Crippen LogP contribution in [0.1, 0.15) is 12.2 Å². The van der Waals surface area contributed by atoms with Crippen LogP contribution in [0.3, 0.4) is 0 Å². The van der Waals surface area contributed by atoms with Gasteiger partial charge in [-0.3, -0.25) is 9.48 Å². The smallest absolute Gasteiger partial charge is 0.262 e. The number of fused-ring (bicyclic) bond motifs is 1. The molecule has 5 rings (SSSR count). The highest BCUT2D eigenvalue weighted by Gasteiger charge is 2.48. The van der Waals surface area contributed by atoms with E-state index in [1.165, 1.54) is 4.90 Å². The largest absolute Gasteiger partial charge is 0.496 e. The first-order valence-corrected chi connectivity index (χ1v) is 9.96. The van der Waals surface area contributed by atoms with Crippen molar-refractivity contribution in [2.24, 2.45) is 7.05 Å². The third kappa shape index (κ3) is 2.98. The number of ether oxygens (including phenoxy) is 1. The van der Waals surface area contributed by atoms with Gasteiger partial charge in [-0.15, -0.1) is 0 Å². The molecule has 8 heteroatoms. The Morgan fingerprint density at radius 1 is 1.13 bits per heavy atom. The van der Waals surface area contributed by atoms with Gasteiger partial charge in [-0.1, -0.05) is 23.4 Å². The Morgan fingerprint density at radius 3 is 2.68 bits per heavy atom. The van der Waals surface area contributed by atoms with E-state index in [0.717, 1.165) is 33.3 Å². The number of hydrogen-bond acceptors (Lipinski definition) is 6. The Kier molecular flexibility index (Phi) is 4.33. The molecule has 3 heterocycles. The molecule has 1 amide bonds. The van der Waals surface area contributed by atoms with Gasteiger partial charge in [-0.2, -0.15) is 5.10 Å². The minimum Gasteiger partial charge on any atom is -0.496 e. The third-order valence-corrected chi connectivity index (χ3v) is 5.97. The number of rotatable bonds is 4. The summed E-state index contributed by atoms with van der Waals surface area (Å²) in [5, 5.41) is 20.2. The highest BCUT2D eigenvalue weighted by atomic mass is 16.5. The lowest BCUT2D eigenvalue weighted by molar-refractivity contribution is -0.144. The zero-order chi connectivity index (χ0) is 21.8. The fraction of sp³-hybridized carbons (Fsp3) is 0.261. The average Bonchev–Trinajstić information content (AvgIpc) is 3.49. The molecule has 2 aromatic heterocycles. The lowest BCUT2D eigenvalue weighted by Crippen LogP contribution is -2.35. The molecule has 1 atom stereocenters. The van der Waals surface area contributed by atoms with E-state index in [2.05, 4.69) is 16.3 Å². The molecule has 0 radical (unpaired) electrons. The summed E-state index contributed by atoms with van der Waals surface area (Å²) in [6.07, 6.45) is 2.07. The number of carbonyl (C=O) groups excluding carboxylic acids is 1. The molecular weight excluding hydrogens is 396 g/mol. The van der Waals surface area contributed by atoms with Gasteiger partial charge in [0.25, 0.3) is 5.91 Å². The number of likely N-dealkylation sites (tertiary alicyclic amines) is 1. The van der Waals surface area contributed by atoms with Crippen molar-refractivity contribution in [2.75, 3.05) is 20.7 Å². The van der Waals surface area contributed by atoms with Gasteiger partial charge in [-0.25, -0.2) is 0 Å². The van der Waals surface area contributed by atoms with E-state index in [1.807, 2.05) is 42.1 Å². The molecule has 1 N–H and O–H groups in total. The first-order chi connectivity index (χ1) is 14.9. The average molecular weight is 418 g/mol. The van der Waals surface area contributed by atoms with Crippen molar-refractivity contribution >= 4 is 16.8 Å². The maximum atomic E-state index is 12.4. The molecule has 0 spiro atoms. The van der Waals surface area contributed by atoms with Crippen molar-refractivity contribution in [1.82, 2.24) is 19.8 Å². The first kappa shape index (κ1) is 19.3. The molecule has 1 fully saturated rings. The Balaban J connectivity index is 1.54. The maximum Gasteiger partial charge on any atom is 0.262 e. The summed E-state index contributed by atoms with van der Waals surface area (Å²) < 4.78 is 12.8. The standard InChI is InChI=1S/C23H22N4O4/c1-26-8-7-23(29,22(26)28)21-12-18(25-31-21)15-6-4-5-14(9-15)16-10-19-17(13-24-27(19)2)20(11-16)30-3/h4-6,9-13,29H,7-8H2,1-3H3. The molecule has 31 heavy (non-hydrogen) atoms. The van der Waals surface area contributed by atoms with Crippen molar-refractivity contribution in [2.45, 2.75) is 12.0 Å². The summed E-state index contributed by atoms with van der Waals surface area (Å²) in [6, 6.07) is 13.5. The fourth-order valence-electron chi connectivity index (χ4n) is 4.10. The Labute approximate surface area is 178 Å². The lowest BCUT2D eigenvalue weighted by atomic mass is 9.97. The van der Waals surface area contributed by atoms with Crippen LogP contribution < -0.4 is 4.74 Å². The zero-order valence-corrected chi connectivity index (χ0v) is 17.5. The van der Waals surface area contributed by atoms with Gasteiger partial charge >= 0.3 is 0 Å². The Bertz CT molecular complexity index is 1310. The van der Waals surface area contributed by atoms with E-state index in [4.69, 9.17) is 9.26 Å². The molecule has 8 nitrogen and oxygen atoms in total. The van der Waals surface area contributed by atoms with E-state index in [9.17, 15) is 9.90 Å². The first-order valence-electron chi connectivity index (χ1n) is 9.96. The second kappa shape index (κ2) is 6.95. The quantitative estimate of drug-likeness (QED) is 0.548. The summed E-state index contributed by atoms with van der Waals surface area (Å²) in [4.78, 5) is 13.8. The fourth-order valence-corrected chi connectivity index (χ4v) is 4.10. The highest BCUT2D eigenvalue weighted by molar-refractivity contribution is 5.91. The number of nitrogens with zero attached hydrogens (tertiary/aromatic N) is 4. The van der Waals surface area contributed by atoms with Crippen LogP contribution in [0.25, 0.3) is 33.3 Å². The number of aromatic nitrogens is 3. The van der Waals surface area contributed by atoms with Crippen LogP contribution in [-0.2, 0) is 17.4 Å². The summed E-state index contributed by atoms with van der Waals surface area (Å²) in [6.45, 7) is 0.471. The molecular formula is C23H22N4O4. The molecule has 2 aromatic carbocycles. The Hall–Kier alpha value is -3.65. The van der Waals surface area contributed by atoms with Gasteiger partial charge in [0.05, 0.1) is 24.2 Å². The van der Waals surface area contributed by atoms with Gasteiger partial charge in [-0.05, 0) is 29.3 Å². The van der Waals surface area contributed by atoms with Crippen molar-refractivity contribution in [3.05, 3.63) is 54.4 Å². The predicted molar refractivity (Wildman–Crippen MR) is 114 cm³/mol. The van der Waals surface area contributed by atoms with Crippen LogP contribution in [0.15, 0.2) is 53.2 Å². The van der Waals surface area contributed by atoms with Gasteiger partial charge in [0.1, 0.15) is 11.4 Å². The van der Waals surface area contributed by atoms with Crippen LogP contribution in [0.5, 0.6) is 5.75 Å². The number of methoxy groups -OCH3 is 1. The van der Waals surface area contributed by atoms with Crippen LogP contribution in [-0.4, -0.2) is 51.6 Å². The lowest BCUT2D eigenvalue weighted by Gasteiger charge is -2.16. The number of aliphatic hydroxyl groups is 1. The van der Waals surface area contributed by atoms with E-state index in [0.29, 0.717) is 12.2 Å². The molecule has 0 aliphatic carbocycles. The number of carbonyl (C=O) groups is 1. The molecule has 1 aliphatic rings. The summed E-state index contributed by atoms with van der Waals surface area (Å²) in [5.74, 6) is 0.543. The minimum atomic E-state index is -1.66. The van der Waals surface area contributed by atoms with Crippen molar-refractivity contribution in [3.63, 3.8) is 0 Å². The van der Waals surface area contributed by atoms with E-state index >= 15 is 0 Å². The SMILES string of the molecule is COc1cc(-c2cccc(-c3cc(C4(O)CCN(C)C4=O)on3)c2)cc2c1cnn2C. The van der Waals surface area contributed by atoms with Gasteiger partial charge in [0, 0.05) is 38.7 Å². The van der Waals surface area contributed by atoms with Crippen molar-refractivity contribution in [3.8, 4) is 28.1 Å². The minimum absolute atomic E-state index is 0.167. The van der Waals surface area contributed by atoms with E-state index in [1.54, 1.807) is 26.4 Å². The van der Waals surface area contributed by atoms with Gasteiger partial charge in [0.15, 0.2) is 5.76 Å². The number of amides is 1. The molecule has 1 unspecified atom stereocenters. The van der Waals surface area contributed by atoms with Crippen LogP contribution in [0.4, 0.5) is 0 Å². The summed E-state index contributed by atoms with van der Waals surface area (Å²) in [5.41, 5.74) is 2.63.